The zero-order chi connectivity index (χ0) is 24.5. The highest BCUT2D eigenvalue weighted by Crippen LogP contribution is 2.39. The van der Waals surface area contributed by atoms with Crippen molar-refractivity contribution < 1.29 is 43.0 Å². The van der Waals surface area contributed by atoms with Gasteiger partial charge in [-0.05, 0) is 12.1 Å². The van der Waals surface area contributed by atoms with Crippen molar-refractivity contribution in [2.45, 2.75) is 31.5 Å². The Balaban J connectivity index is 1.63. The third-order valence-electron chi connectivity index (χ3n) is 4.92. The maximum absolute atomic E-state index is 12.5. The lowest BCUT2D eigenvalue weighted by Crippen LogP contribution is -2.36. The molecular formula is C19H20N5O9P. The van der Waals surface area contributed by atoms with E-state index in [-0.39, 0.29) is 17.0 Å². The van der Waals surface area contributed by atoms with Crippen LogP contribution in [0.4, 0.5) is 5.82 Å². The molecule has 3 aromatic rings. The fourth-order valence-electron chi connectivity index (χ4n) is 3.47. The zero-order valence-electron chi connectivity index (χ0n) is 17.6. The molecule has 0 spiro atoms. The zero-order valence-corrected chi connectivity index (χ0v) is 18.5. The van der Waals surface area contributed by atoms with Crippen LogP contribution < -0.4 is 5.32 Å². The topological polar surface area (TPSA) is 195 Å². The number of hydrogen-bond acceptors (Lipinski definition) is 10. The van der Waals surface area contributed by atoms with Crippen LogP contribution in [0.25, 0.3) is 11.2 Å². The number of esters is 1. The molecule has 15 heteroatoms. The van der Waals surface area contributed by atoms with Gasteiger partial charge in [-0.15, -0.1) is 0 Å². The van der Waals surface area contributed by atoms with Gasteiger partial charge >= 0.3 is 13.8 Å². The van der Waals surface area contributed by atoms with Gasteiger partial charge in [-0.3, -0.25) is 18.7 Å². The number of nitrogens with zero attached hydrogens (tertiary/aromatic N) is 4. The first-order valence-electron chi connectivity index (χ1n) is 9.89. The van der Waals surface area contributed by atoms with Crippen LogP contribution in [0.3, 0.4) is 0 Å². The van der Waals surface area contributed by atoms with Gasteiger partial charge in [0.05, 0.1) is 12.9 Å². The summed E-state index contributed by atoms with van der Waals surface area (Å²) in [6, 6.07) is 8.45. The van der Waals surface area contributed by atoms with E-state index in [1.165, 1.54) is 17.2 Å². The number of nitrogens with one attached hydrogen (secondary N) is 1. The molecule has 3 heterocycles. The molecule has 1 fully saturated rings. The van der Waals surface area contributed by atoms with Gasteiger partial charge in [0.25, 0.3) is 5.91 Å². The van der Waals surface area contributed by atoms with Crippen LogP contribution >= 0.6 is 7.82 Å². The van der Waals surface area contributed by atoms with Gasteiger partial charge in [-0.2, -0.15) is 0 Å². The van der Waals surface area contributed by atoms with E-state index in [1.807, 2.05) is 0 Å². The quantitative estimate of drug-likeness (QED) is 0.261. The van der Waals surface area contributed by atoms with Crippen LogP contribution in [0.1, 0.15) is 23.5 Å². The normalized spacial score (nSPS) is 22.6. The Morgan fingerprint density at radius 2 is 1.94 bits per heavy atom. The summed E-state index contributed by atoms with van der Waals surface area (Å²) in [6.45, 7) is 0.467. The predicted octanol–water partition coefficient (Wildman–Crippen LogP) is 0.378. The van der Waals surface area contributed by atoms with E-state index in [9.17, 15) is 19.3 Å². The predicted molar refractivity (Wildman–Crippen MR) is 113 cm³/mol. The van der Waals surface area contributed by atoms with Crippen LogP contribution in [0.15, 0.2) is 43.0 Å². The van der Waals surface area contributed by atoms with Crippen molar-refractivity contribution in [2.24, 2.45) is 0 Å². The number of aliphatic hydroxyl groups excluding tert-OH is 1. The van der Waals surface area contributed by atoms with E-state index in [0.717, 1.165) is 6.92 Å². The van der Waals surface area contributed by atoms with Crippen LogP contribution in [-0.4, -0.2) is 71.2 Å². The van der Waals surface area contributed by atoms with Crippen LogP contribution in [0.5, 0.6) is 0 Å². The number of fused-ring (bicyclic) bond motifs is 1. The van der Waals surface area contributed by atoms with Crippen molar-refractivity contribution in [2.75, 3.05) is 11.9 Å². The number of ether oxygens (including phenoxy) is 2. The standard InChI is InChI=1S/C19H20N5O9P/c1-10(25)32-15-14(26)12(7-31-34(28,29)30)33-19(15)24-9-22-13-16(20-8-21-17(13)24)23-18(27)11-5-3-2-4-6-11/h2-6,8-9,12,14-15,19,26H,7H2,1H3,(H2,28,29,30)(H,20,21,23,27). The largest absolute Gasteiger partial charge is 0.469 e. The van der Waals surface area contributed by atoms with E-state index in [4.69, 9.17) is 19.3 Å². The molecule has 4 rings (SSSR count). The number of phosphoric ester groups is 1. The van der Waals surface area contributed by atoms with Crippen LogP contribution in [0.2, 0.25) is 0 Å². The molecule has 0 bridgehead atoms. The van der Waals surface area contributed by atoms with Crippen molar-refractivity contribution in [3.63, 3.8) is 0 Å². The minimum Gasteiger partial charge on any atom is -0.455 e. The molecular weight excluding hydrogens is 473 g/mol. The number of benzene rings is 1. The number of aliphatic hydroxyl groups is 1. The molecule has 4 N–H and O–H groups in total. The fraction of sp³-hybridized carbons (Fsp3) is 0.316. The maximum atomic E-state index is 12.5. The van der Waals surface area contributed by atoms with Gasteiger partial charge in [0.15, 0.2) is 29.3 Å². The van der Waals surface area contributed by atoms with Gasteiger partial charge < -0.3 is 29.7 Å². The number of imidazole rings is 1. The molecule has 1 aliphatic rings. The van der Waals surface area contributed by atoms with E-state index in [2.05, 4.69) is 24.8 Å². The average molecular weight is 493 g/mol. The Morgan fingerprint density at radius 3 is 2.62 bits per heavy atom. The summed E-state index contributed by atoms with van der Waals surface area (Å²) in [5, 5.41) is 13.2. The summed E-state index contributed by atoms with van der Waals surface area (Å²) in [5.74, 6) is -1.03. The Labute approximate surface area is 191 Å². The van der Waals surface area contributed by atoms with E-state index < -0.39 is 50.8 Å². The number of amides is 1. The molecule has 0 radical (unpaired) electrons. The molecule has 0 aliphatic carbocycles. The van der Waals surface area contributed by atoms with Gasteiger partial charge in [-0.25, -0.2) is 19.5 Å². The number of rotatable bonds is 7. The van der Waals surface area contributed by atoms with Crippen molar-refractivity contribution in [1.29, 1.82) is 0 Å². The first kappa shape index (κ1) is 23.9. The third kappa shape index (κ3) is 5.12. The smallest absolute Gasteiger partial charge is 0.455 e. The SMILES string of the molecule is CC(=O)OC1C(O)C(COP(=O)(O)O)OC1n1cnc2c(NC(=O)c3ccccc3)ncnc21. The highest BCUT2D eigenvalue weighted by molar-refractivity contribution is 7.46. The minimum absolute atomic E-state index is 0.113. The Hall–Kier alpha value is -3.26. The van der Waals surface area contributed by atoms with Crippen molar-refractivity contribution >= 4 is 36.7 Å². The lowest BCUT2D eigenvalue weighted by Gasteiger charge is -2.21. The van der Waals surface area contributed by atoms with Crippen LogP contribution in [-0.2, 0) is 23.4 Å². The summed E-state index contributed by atoms with van der Waals surface area (Å²) >= 11 is 0. The summed E-state index contributed by atoms with van der Waals surface area (Å²) < 4.78 is 27.7. The Kier molecular flexibility index (Phi) is 6.70. The maximum Gasteiger partial charge on any atom is 0.469 e. The Bertz CT molecular complexity index is 1250. The number of hydrogen-bond donors (Lipinski definition) is 4. The molecule has 1 saturated heterocycles. The molecule has 4 atom stereocenters. The van der Waals surface area contributed by atoms with Crippen LogP contribution in [0, 0.1) is 0 Å². The molecule has 4 unspecified atom stereocenters. The summed E-state index contributed by atoms with van der Waals surface area (Å²) in [4.78, 5) is 54.5. The molecule has 34 heavy (non-hydrogen) atoms. The molecule has 1 amide bonds. The average Bonchev–Trinajstić information content (AvgIpc) is 3.34. The number of carbonyl (C=O) groups is 2. The van der Waals surface area contributed by atoms with E-state index in [0.29, 0.717) is 5.56 Å². The monoisotopic (exact) mass is 493 g/mol. The summed E-state index contributed by atoms with van der Waals surface area (Å²) in [7, 11) is -4.84. The second kappa shape index (κ2) is 9.54. The van der Waals surface area contributed by atoms with E-state index in [1.54, 1.807) is 30.3 Å². The highest BCUT2D eigenvalue weighted by atomic mass is 31.2. The van der Waals surface area contributed by atoms with Crippen molar-refractivity contribution in [3.05, 3.63) is 48.5 Å². The lowest BCUT2D eigenvalue weighted by atomic mass is 10.1. The first-order valence-corrected chi connectivity index (χ1v) is 11.4. The summed E-state index contributed by atoms with van der Waals surface area (Å²) in [6.07, 6.45) is -2.67. The number of aromatic nitrogens is 4. The molecule has 14 nitrogen and oxygen atoms in total. The molecule has 180 valence electrons. The van der Waals surface area contributed by atoms with Crippen molar-refractivity contribution in [1.82, 2.24) is 19.5 Å². The second-order valence-electron chi connectivity index (χ2n) is 7.28. The van der Waals surface area contributed by atoms with Gasteiger partial charge in [0, 0.05) is 12.5 Å². The molecule has 1 aromatic carbocycles. The lowest BCUT2D eigenvalue weighted by molar-refractivity contribution is -0.155. The third-order valence-corrected chi connectivity index (χ3v) is 5.41. The van der Waals surface area contributed by atoms with E-state index >= 15 is 0 Å². The summed E-state index contributed by atoms with van der Waals surface area (Å²) in [5.41, 5.74) is 0.782. The number of phosphoric acid groups is 1. The van der Waals surface area contributed by atoms with Gasteiger partial charge in [-0.1, -0.05) is 18.2 Å². The molecule has 2 aromatic heterocycles. The minimum atomic E-state index is -4.84. The van der Waals surface area contributed by atoms with Gasteiger partial charge in [0.1, 0.15) is 18.5 Å². The molecule has 1 aliphatic heterocycles. The highest BCUT2D eigenvalue weighted by Gasteiger charge is 2.48. The second-order valence-corrected chi connectivity index (χ2v) is 8.52. The Morgan fingerprint density at radius 1 is 1.21 bits per heavy atom. The number of carbonyl (C=O) groups excluding carboxylic acids is 2. The first-order chi connectivity index (χ1) is 16.1. The molecule has 0 saturated carbocycles. The number of anilines is 1. The van der Waals surface area contributed by atoms with Gasteiger partial charge in [0.2, 0.25) is 0 Å². The van der Waals surface area contributed by atoms with Crippen molar-refractivity contribution in [3.8, 4) is 0 Å². The fourth-order valence-corrected chi connectivity index (χ4v) is 3.81.